The lowest BCUT2D eigenvalue weighted by molar-refractivity contribution is 0.0627. The van der Waals surface area contributed by atoms with E-state index in [2.05, 4.69) is 11.6 Å². The monoisotopic (exact) mass is 247 g/mol. The number of nitrogens with zero attached hydrogens (tertiary/aromatic N) is 1. The summed E-state index contributed by atoms with van der Waals surface area (Å²) in [6.07, 6.45) is 1.58. The van der Waals surface area contributed by atoms with Crippen molar-refractivity contribution in [1.29, 1.82) is 0 Å². The molecule has 0 atom stereocenters. The lowest BCUT2D eigenvalue weighted by Crippen LogP contribution is -2.13. The van der Waals surface area contributed by atoms with Gasteiger partial charge in [0.25, 0.3) is 0 Å². The molecule has 4 heteroatoms. The number of carbonyl (C=O) groups excluding carboxylic acids is 1. The first-order chi connectivity index (χ1) is 8.45. The van der Waals surface area contributed by atoms with Crippen molar-refractivity contribution in [3.63, 3.8) is 0 Å². The number of ether oxygens (including phenoxy) is 2. The summed E-state index contributed by atoms with van der Waals surface area (Å²) >= 11 is 0. The molecule has 1 aromatic carbocycles. The van der Waals surface area contributed by atoms with Gasteiger partial charge in [0.15, 0.2) is 0 Å². The van der Waals surface area contributed by atoms with Crippen LogP contribution in [0.5, 0.6) is 5.75 Å². The first kappa shape index (κ1) is 14.0. The summed E-state index contributed by atoms with van der Waals surface area (Å²) in [6.45, 7) is 9.18. The summed E-state index contributed by atoms with van der Waals surface area (Å²) in [6, 6.07) is 7.33. The van der Waals surface area contributed by atoms with Crippen LogP contribution >= 0.6 is 0 Å². The highest BCUT2D eigenvalue weighted by atomic mass is 16.7. The first-order valence-corrected chi connectivity index (χ1v) is 5.56. The third-order valence-corrected chi connectivity index (χ3v) is 2.42. The lowest BCUT2D eigenvalue weighted by Gasteiger charge is -2.18. The van der Waals surface area contributed by atoms with Crippen molar-refractivity contribution >= 4 is 6.08 Å². The summed E-state index contributed by atoms with van der Waals surface area (Å²) in [5, 5.41) is 0. The average Bonchev–Trinajstić information content (AvgIpc) is 2.29. The van der Waals surface area contributed by atoms with Gasteiger partial charge in [-0.2, -0.15) is 4.99 Å². The maximum absolute atomic E-state index is 10.3. The topological polar surface area (TPSA) is 47.9 Å². The van der Waals surface area contributed by atoms with E-state index in [9.17, 15) is 4.79 Å². The molecule has 0 N–H and O–H groups in total. The summed E-state index contributed by atoms with van der Waals surface area (Å²) in [5.74, 6) is 1.29. The molecule has 0 saturated heterocycles. The Bertz CT molecular complexity index is 456. The van der Waals surface area contributed by atoms with Crippen LogP contribution in [0.25, 0.3) is 0 Å². The van der Waals surface area contributed by atoms with Crippen molar-refractivity contribution in [2.45, 2.75) is 26.3 Å². The highest BCUT2D eigenvalue weighted by Crippen LogP contribution is 2.25. The molecule has 1 aromatic rings. The van der Waals surface area contributed by atoms with Crippen molar-refractivity contribution in [3.05, 3.63) is 42.2 Å². The number of benzene rings is 1. The summed E-state index contributed by atoms with van der Waals surface area (Å²) in [4.78, 5) is 14.1. The fraction of sp³-hybridized carbons (Fsp3) is 0.357. The van der Waals surface area contributed by atoms with E-state index in [1.807, 2.05) is 26.0 Å². The molecule has 0 amide bonds. The Kier molecular flexibility index (Phi) is 4.69. The normalized spacial score (nSPS) is 10.4. The van der Waals surface area contributed by atoms with E-state index in [4.69, 9.17) is 9.47 Å². The molecular formula is C14H17NO3. The predicted octanol–water partition coefficient (Wildman–Crippen LogP) is 3.14. The van der Waals surface area contributed by atoms with Gasteiger partial charge in [-0.1, -0.05) is 18.7 Å². The minimum Gasteiger partial charge on any atom is -0.463 e. The van der Waals surface area contributed by atoms with Gasteiger partial charge in [-0.05, 0) is 38.5 Å². The SMILES string of the molecule is C=C(C)OCOc1ccc(C(C)(C)N=C=O)cc1. The van der Waals surface area contributed by atoms with Gasteiger partial charge in [-0.25, -0.2) is 4.79 Å². The van der Waals surface area contributed by atoms with Crippen LogP contribution in [0.1, 0.15) is 26.3 Å². The van der Waals surface area contributed by atoms with Crippen LogP contribution in [0, 0.1) is 0 Å². The molecule has 96 valence electrons. The predicted molar refractivity (Wildman–Crippen MR) is 69.0 cm³/mol. The highest BCUT2D eigenvalue weighted by molar-refractivity contribution is 5.38. The molecule has 18 heavy (non-hydrogen) atoms. The van der Waals surface area contributed by atoms with Crippen LogP contribution in [0.3, 0.4) is 0 Å². The average molecular weight is 247 g/mol. The molecule has 0 aliphatic heterocycles. The number of rotatable bonds is 6. The van der Waals surface area contributed by atoms with Crippen LogP contribution < -0.4 is 4.74 Å². The van der Waals surface area contributed by atoms with Gasteiger partial charge in [0.05, 0.1) is 11.3 Å². The molecule has 0 unspecified atom stereocenters. The van der Waals surface area contributed by atoms with E-state index in [0.29, 0.717) is 11.5 Å². The highest BCUT2D eigenvalue weighted by Gasteiger charge is 2.18. The number of allylic oxidation sites excluding steroid dienone is 1. The largest absolute Gasteiger partial charge is 0.463 e. The van der Waals surface area contributed by atoms with Crippen LogP contribution in [0.15, 0.2) is 41.6 Å². The van der Waals surface area contributed by atoms with Gasteiger partial charge in [0.2, 0.25) is 12.9 Å². The van der Waals surface area contributed by atoms with Crippen molar-refractivity contribution in [2.75, 3.05) is 6.79 Å². The molecule has 0 aromatic heterocycles. The zero-order valence-electron chi connectivity index (χ0n) is 10.9. The smallest absolute Gasteiger partial charge is 0.235 e. The Morgan fingerprint density at radius 3 is 2.50 bits per heavy atom. The Labute approximate surface area is 107 Å². The second-order valence-electron chi connectivity index (χ2n) is 4.40. The Hall–Kier alpha value is -2.06. The maximum atomic E-state index is 10.3. The van der Waals surface area contributed by atoms with E-state index in [-0.39, 0.29) is 6.79 Å². The number of aliphatic imine (C=N–C) groups is 1. The van der Waals surface area contributed by atoms with E-state index in [1.165, 1.54) is 0 Å². The molecule has 1 rings (SSSR count). The molecule has 0 aliphatic carbocycles. The van der Waals surface area contributed by atoms with E-state index in [1.54, 1.807) is 25.1 Å². The molecule has 0 spiro atoms. The first-order valence-electron chi connectivity index (χ1n) is 5.56. The van der Waals surface area contributed by atoms with Gasteiger partial charge in [0, 0.05) is 0 Å². The number of hydrogen-bond donors (Lipinski definition) is 0. The standard InChI is InChI=1S/C14H17NO3/c1-11(2)17-10-18-13-7-5-12(6-8-13)14(3,4)15-9-16/h5-8H,1,10H2,2-4H3. The lowest BCUT2D eigenvalue weighted by atomic mass is 9.95. The maximum Gasteiger partial charge on any atom is 0.235 e. The van der Waals surface area contributed by atoms with E-state index >= 15 is 0 Å². The molecule has 0 saturated carbocycles. The van der Waals surface area contributed by atoms with Crippen LogP contribution in [-0.4, -0.2) is 12.9 Å². The Morgan fingerprint density at radius 1 is 1.39 bits per heavy atom. The number of hydrogen-bond acceptors (Lipinski definition) is 4. The summed E-state index contributed by atoms with van der Waals surface area (Å²) in [5.41, 5.74) is 0.341. The van der Waals surface area contributed by atoms with Gasteiger partial charge < -0.3 is 9.47 Å². The summed E-state index contributed by atoms with van der Waals surface area (Å²) in [7, 11) is 0. The number of isocyanates is 1. The summed E-state index contributed by atoms with van der Waals surface area (Å²) < 4.78 is 10.4. The zero-order chi connectivity index (χ0) is 13.6. The van der Waals surface area contributed by atoms with Crippen molar-refractivity contribution in [3.8, 4) is 5.75 Å². The minimum atomic E-state index is -0.575. The van der Waals surface area contributed by atoms with Gasteiger partial charge in [-0.15, -0.1) is 0 Å². The van der Waals surface area contributed by atoms with Crippen molar-refractivity contribution in [2.24, 2.45) is 4.99 Å². The van der Waals surface area contributed by atoms with Crippen LogP contribution in [0.4, 0.5) is 0 Å². The quantitative estimate of drug-likeness (QED) is 0.336. The fourth-order valence-corrected chi connectivity index (χ4v) is 1.34. The van der Waals surface area contributed by atoms with Gasteiger partial charge in [0.1, 0.15) is 5.75 Å². The fourth-order valence-electron chi connectivity index (χ4n) is 1.34. The Morgan fingerprint density at radius 2 is 2.00 bits per heavy atom. The third kappa shape index (κ3) is 4.07. The van der Waals surface area contributed by atoms with Crippen molar-refractivity contribution < 1.29 is 14.3 Å². The van der Waals surface area contributed by atoms with Crippen molar-refractivity contribution in [1.82, 2.24) is 0 Å². The molecule has 0 radical (unpaired) electrons. The van der Waals surface area contributed by atoms with Crippen LogP contribution in [-0.2, 0) is 15.1 Å². The second-order valence-corrected chi connectivity index (χ2v) is 4.40. The van der Waals surface area contributed by atoms with Gasteiger partial charge in [-0.3, -0.25) is 0 Å². The Balaban J connectivity index is 2.68. The van der Waals surface area contributed by atoms with Crippen LogP contribution in [0.2, 0.25) is 0 Å². The van der Waals surface area contributed by atoms with E-state index in [0.717, 1.165) is 5.56 Å². The molecule has 0 aliphatic rings. The zero-order valence-corrected chi connectivity index (χ0v) is 10.9. The van der Waals surface area contributed by atoms with E-state index < -0.39 is 5.54 Å². The minimum absolute atomic E-state index is 0.130. The molecule has 4 nitrogen and oxygen atoms in total. The van der Waals surface area contributed by atoms with Gasteiger partial charge >= 0.3 is 0 Å². The molecular weight excluding hydrogens is 230 g/mol. The second kappa shape index (κ2) is 6.03. The third-order valence-electron chi connectivity index (χ3n) is 2.42. The molecule has 0 heterocycles. The molecule has 0 bridgehead atoms. The molecule has 0 fully saturated rings.